The van der Waals surface area contributed by atoms with Crippen LogP contribution in [0.5, 0.6) is 0 Å². The highest BCUT2D eigenvalue weighted by molar-refractivity contribution is 6.05. The standard InChI is InChI=1S/C51H34N2O/c1-4-10-35(11-5-1)37-18-25-45(26-19-37)53(46-27-20-38(21-28-46)36-12-6-2-7-13-36)47-29-22-39-16-17-41(33-44(39)34-47)42-23-30-48-43(32-42)24-31-49-50(48)52-51(54-49)40-14-8-3-9-15-40/h1-34H. The maximum atomic E-state index is 6.16. The largest absolute Gasteiger partial charge is 0.436 e. The Hall–Kier alpha value is -7.23. The summed E-state index contributed by atoms with van der Waals surface area (Å²) in [5.41, 5.74) is 13.1. The molecular formula is C51H34N2O. The maximum Gasteiger partial charge on any atom is 0.227 e. The molecule has 10 aromatic rings. The van der Waals surface area contributed by atoms with Crippen LogP contribution in [0.2, 0.25) is 0 Å². The third-order valence-electron chi connectivity index (χ3n) is 10.3. The molecule has 0 N–H and O–H groups in total. The van der Waals surface area contributed by atoms with Crippen molar-refractivity contribution in [1.29, 1.82) is 0 Å². The van der Waals surface area contributed by atoms with E-state index in [-0.39, 0.29) is 0 Å². The van der Waals surface area contributed by atoms with E-state index in [9.17, 15) is 0 Å². The summed E-state index contributed by atoms with van der Waals surface area (Å²) in [6, 6.07) is 73.1. The van der Waals surface area contributed by atoms with Gasteiger partial charge in [0.1, 0.15) is 5.52 Å². The molecule has 0 unspecified atom stereocenters. The third-order valence-corrected chi connectivity index (χ3v) is 10.3. The average molecular weight is 691 g/mol. The highest BCUT2D eigenvalue weighted by Gasteiger charge is 2.16. The van der Waals surface area contributed by atoms with Crippen LogP contribution in [0.25, 0.3) is 77.5 Å². The van der Waals surface area contributed by atoms with E-state index in [4.69, 9.17) is 9.40 Å². The van der Waals surface area contributed by atoms with Crippen LogP contribution in [0.3, 0.4) is 0 Å². The number of aromatic nitrogens is 1. The zero-order valence-electron chi connectivity index (χ0n) is 29.4. The van der Waals surface area contributed by atoms with E-state index in [0.717, 1.165) is 55.6 Å². The smallest absolute Gasteiger partial charge is 0.227 e. The first-order valence-electron chi connectivity index (χ1n) is 18.3. The van der Waals surface area contributed by atoms with Gasteiger partial charge in [0.2, 0.25) is 5.89 Å². The number of nitrogens with zero attached hydrogens (tertiary/aromatic N) is 2. The molecule has 10 rings (SSSR count). The first-order chi connectivity index (χ1) is 26.7. The summed E-state index contributed by atoms with van der Waals surface area (Å²) in [5, 5.41) is 4.58. The molecule has 9 aromatic carbocycles. The van der Waals surface area contributed by atoms with Gasteiger partial charge in [-0.15, -0.1) is 0 Å². The zero-order chi connectivity index (χ0) is 35.8. The quantitative estimate of drug-likeness (QED) is 0.167. The summed E-state index contributed by atoms with van der Waals surface area (Å²) in [5.74, 6) is 0.640. The highest BCUT2D eigenvalue weighted by Crippen LogP contribution is 2.39. The Morgan fingerprint density at radius 1 is 0.333 bits per heavy atom. The second kappa shape index (κ2) is 13.4. The monoisotopic (exact) mass is 690 g/mol. The number of fused-ring (bicyclic) bond motifs is 4. The van der Waals surface area contributed by atoms with E-state index in [2.05, 4.69) is 175 Å². The van der Waals surface area contributed by atoms with Crippen molar-refractivity contribution >= 4 is 49.7 Å². The van der Waals surface area contributed by atoms with Gasteiger partial charge in [-0.1, -0.05) is 140 Å². The van der Waals surface area contributed by atoms with Crippen LogP contribution in [-0.4, -0.2) is 4.98 Å². The van der Waals surface area contributed by atoms with Crippen LogP contribution in [0, 0.1) is 0 Å². The average Bonchev–Trinajstić information content (AvgIpc) is 3.70. The second-order valence-corrected chi connectivity index (χ2v) is 13.6. The SMILES string of the molecule is c1ccc(-c2ccc(N(c3ccc(-c4ccccc4)cc3)c3ccc4ccc(-c5ccc6c(ccc7oc(-c8ccccc8)nc76)c5)cc4c3)cc2)cc1. The molecule has 0 bridgehead atoms. The predicted octanol–water partition coefficient (Wildman–Crippen LogP) is 14.3. The molecule has 0 aliphatic rings. The van der Waals surface area contributed by atoms with Gasteiger partial charge in [-0.25, -0.2) is 4.98 Å². The molecule has 3 heteroatoms. The molecule has 0 spiro atoms. The van der Waals surface area contributed by atoms with Gasteiger partial charge in [-0.2, -0.15) is 0 Å². The molecule has 54 heavy (non-hydrogen) atoms. The Kier molecular flexibility index (Phi) is 7.81. The molecule has 254 valence electrons. The Morgan fingerprint density at radius 2 is 0.796 bits per heavy atom. The van der Waals surface area contributed by atoms with Crippen molar-refractivity contribution in [2.24, 2.45) is 0 Å². The molecule has 0 aliphatic heterocycles. The van der Waals surface area contributed by atoms with Gasteiger partial charge in [0.15, 0.2) is 5.58 Å². The number of hydrogen-bond donors (Lipinski definition) is 0. The topological polar surface area (TPSA) is 29.3 Å². The Morgan fingerprint density at radius 3 is 1.41 bits per heavy atom. The molecular weight excluding hydrogens is 657 g/mol. The summed E-state index contributed by atoms with van der Waals surface area (Å²) in [4.78, 5) is 7.25. The number of rotatable bonds is 7. The van der Waals surface area contributed by atoms with Crippen LogP contribution in [0.4, 0.5) is 17.1 Å². The van der Waals surface area contributed by atoms with Crippen molar-refractivity contribution < 1.29 is 4.42 Å². The van der Waals surface area contributed by atoms with Crippen LogP contribution in [0.1, 0.15) is 0 Å². The lowest BCUT2D eigenvalue weighted by Gasteiger charge is -2.26. The molecule has 1 aromatic heterocycles. The van der Waals surface area contributed by atoms with Gasteiger partial charge in [0, 0.05) is 28.0 Å². The van der Waals surface area contributed by atoms with Gasteiger partial charge in [0.25, 0.3) is 0 Å². The van der Waals surface area contributed by atoms with E-state index in [1.165, 1.54) is 33.0 Å². The number of oxazole rings is 1. The van der Waals surface area contributed by atoms with Crippen molar-refractivity contribution in [1.82, 2.24) is 4.98 Å². The molecule has 0 atom stereocenters. The first kappa shape index (κ1) is 31.5. The highest BCUT2D eigenvalue weighted by atomic mass is 16.3. The van der Waals surface area contributed by atoms with Crippen LogP contribution in [-0.2, 0) is 0 Å². The van der Waals surface area contributed by atoms with E-state index in [1.807, 2.05) is 36.4 Å². The normalized spacial score (nSPS) is 11.3. The van der Waals surface area contributed by atoms with Gasteiger partial charge in [-0.05, 0) is 116 Å². The summed E-state index contributed by atoms with van der Waals surface area (Å²) in [6.45, 7) is 0. The summed E-state index contributed by atoms with van der Waals surface area (Å²) in [6.07, 6.45) is 0. The molecule has 0 radical (unpaired) electrons. The van der Waals surface area contributed by atoms with Crippen LogP contribution < -0.4 is 4.90 Å². The van der Waals surface area contributed by atoms with Gasteiger partial charge in [-0.3, -0.25) is 0 Å². The van der Waals surface area contributed by atoms with Crippen molar-refractivity contribution in [3.05, 3.63) is 206 Å². The fourth-order valence-electron chi connectivity index (χ4n) is 7.47. The minimum atomic E-state index is 0.640. The van der Waals surface area contributed by atoms with Gasteiger partial charge < -0.3 is 9.32 Å². The minimum Gasteiger partial charge on any atom is -0.436 e. The summed E-state index contributed by atoms with van der Waals surface area (Å²) in [7, 11) is 0. The van der Waals surface area contributed by atoms with Gasteiger partial charge in [0.05, 0.1) is 0 Å². The number of anilines is 3. The van der Waals surface area contributed by atoms with E-state index >= 15 is 0 Å². The van der Waals surface area contributed by atoms with E-state index < -0.39 is 0 Å². The zero-order valence-corrected chi connectivity index (χ0v) is 29.4. The molecule has 0 saturated heterocycles. The summed E-state index contributed by atoms with van der Waals surface area (Å²) >= 11 is 0. The third kappa shape index (κ3) is 5.88. The molecule has 0 saturated carbocycles. The lowest BCUT2D eigenvalue weighted by atomic mass is 9.98. The summed E-state index contributed by atoms with van der Waals surface area (Å²) < 4.78 is 6.16. The predicted molar refractivity (Wildman–Crippen MR) is 225 cm³/mol. The first-order valence-corrected chi connectivity index (χ1v) is 18.3. The van der Waals surface area contributed by atoms with Crippen LogP contribution >= 0.6 is 0 Å². The van der Waals surface area contributed by atoms with Crippen LogP contribution in [0.15, 0.2) is 211 Å². The lowest BCUT2D eigenvalue weighted by Crippen LogP contribution is -2.09. The Balaban J connectivity index is 1.03. The number of benzene rings is 9. The van der Waals surface area contributed by atoms with Gasteiger partial charge >= 0.3 is 0 Å². The molecule has 1 heterocycles. The molecule has 0 amide bonds. The van der Waals surface area contributed by atoms with Crippen molar-refractivity contribution in [2.45, 2.75) is 0 Å². The number of hydrogen-bond acceptors (Lipinski definition) is 3. The Bertz CT molecular complexity index is 2820. The van der Waals surface area contributed by atoms with Crippen molar-refractivity contribution in [3.63, 3.8) is 0 Å². The lowest BCUT2D eigenvalue weighted by molar-refractivity contribution is 0.620. The molecule has 0 aliphatic carbocycles. The fraction of sp³-hybridized carbons (Fsp3) is 0. The Labute approximate surface area is 314 Å². The van der Waals surface area contributed by atoms with E-state index in [0.29, 0.717) is 5.89 Å². The maximum absolute atomic E-state index is 6.16. The fourth-order valence-corrected chi connectivity index (χ4v) is 7.47. The van der Waals surface area contributed by atoms with E-state index in [1.54, 1.807) is 0 Å². The second-order valence-electron chi connectivity index (χ2n) is 13.6. The minimum absolute atomic E-state index is 0.640. The molecule has 3 nitrogen and oxygen atoms in total. The van der Waals surface area contributed by atoms with Crippen molar-refractivity contribution in [3.8, 4) is 44.8 Å². The molecule has 0 fully saturated rings. The van der Waals surface area contributed by atoms with Crippen molar-refractivity contribution in [2.75, 3.05) is 4.90 Å².